The number of carbonyl (C=O) groups is 1. The molecule has 0 atom stereocenters. The lowest BCUT2D eigenvalue weighted by molar-refractivity contribution is -0.112. The number of nitrogens with zero attached hydrogens (tertiary/aromatic N) is 4. The third-order valence-corrected chi connectivity index (χ3v) is 6.47. The first-order chi connectivity index (χ1) is 14.1. The van der Waals surface area contributed by atoms with Crippen LogP contribution in [-0.4, -0.2) is 28.8 Å². The van der Waals surface area contributed by atoms with E-state index in [9.17, 15) is 10.1 Å². The van der Waals surface area contributed by atoms with E-state index < -0.39 is 0 Å². The molecule has 1 aliphatic rings. The number of carbonyl (C=O) groups excluding carboxylic acids is 1. The summed E-state index contributed by atoms with van der Waals surface area (Å²) in [7, 11) is 1.85. The van der Waals surface area contributed by atoms with E-state index in [1.165, 1.54) is 11.8 Å². The number of allylic oxidation sites excluding steroid dienone is 1. The van der Waals surface area contributed by atoms with Crippen LogP contribution in [0.4, 0.5) is 5.69 Å². The van der Waals surface area contributed by atoms with Gasteiger partial charge in [0.2, 0.25) is 5.89 Å². The average Bonchev–Trinajstić information content (AvgIpc) is 3.33. The van der Waals surface area contributed by atoms with Crippen molar-refractivity contribution in [3.05, 3.63) is 64.2 Å². The fraction of sp³-hybridized carbons (Fsp3) is 0.100. The predicted octanol–water partition coefficient (Wildman–Crippen LogP) is 5.03. The monoisotopic (exact) mass is 440 g/mol. The summed E-state index contributed by atoms with van der Waals surface area (Å²) in [5, 5.41) is 19.1. The molecule has 0 radical (unpaired) electrons. The zero-order valence-corrected chi connectivity index (χ0v) is 17.5. The summed E-state index contributed by atoms with van der Waals surface area (Å²) in [5.74, 6) is 0.0854. The molecule has 0 aliphatic carbocycles. The molecule has 0 bridgehead atoms. The maximum atomic E-state index is 12.7. The van der Waals surface area contributed by atoms with Crippen LogP contribution >= 0.6 is 35.1 Å². The molecule has 4 rings (SSSR count). The molecule has 9 heteroatoms. The van der Waals surface area contributed by atoms with Crippen LogP contribution in [-0.2, 0) is 4.79 Å². The number of halogens is 1. The Labute approximate surface area is 180 Å². The molecular formula is C20H13ClN4O2S2. The van der Waals surface area contributed by atoms with E-state index in [4.69, 9.17) is 16.0 Å². The summed E-state index contributed by atoms with van der Waals surface area (Å²) in [4.78, 5) is 15.6. The number of Topliss-reactive ketones (excluding diaryl/α,β-unsaturated/α-hetero) is 1. The minimum atomic E-state index is -0.286. The molecule has 0 saturated heterocycles. The van der Waals surface area contributed by atoms with Crippen molar-refractivity contribution in [3.63, 3.8) is 0 Å². The lowest BCUT2D eigenvalue weighted by Gasteiger charge is -2.14. The van der Waals surface area contributed by atoms with Crippen LogP contribution in [0.1, 0.15) is 0 Å². The molecule has 1 aromatic heterocycles. The molecule has 144 valence electrons. The number of aromatic nitrogens is 2. The lowest BCUT2D eigenvalue weighted by Crippen LogP contribution is -2.16. The highest BCUT2D eigenvalue weighted by molar-refractivity contribution is 8.03. The number of ketones is 1. The zero-order chi connectivity index (χ0) is 20.4. The second-order valence-electron chi connectivity index (χ2n) is 6.01. The molecule has 6 nitrogen and oxygen atoms in total. The largest absolute Gasteiger partial charge is 0.411 e. The highest BCUT2D eigenvalue weighted by Crippen LogP contribution is 2.46. The predicted molar refractivity (Wildman–Crippen MR) is 114 cm³/mol. The van der Waals surface area contributed by atoms with Crippen LogP contribution in [0.15, 0.2) is 73.7 Å². The minimum Gasteiger partial charge on any atom is -0.411 e. The molecule has 0 unspecified atom stereocenters. The molecule has 0 spiro atoms. The lowest BCUT2D eigenvalue weighted by atomic mass is 10.2. The summed E-state index contributed by atoms with van der Waals surface area (Å²) in [6.45, 7) is 0. The maximum Gasteiger partial charge on any atom is 0.277 e. The van der Waals surface area contributed by atoms with Crippen molar-refractivity contribution >= 4 is 46.6 Å². The van der Waals surface area contributed by atoms with Crippen molar-refractivity contribution < 1.29 is 9.21 Å². The Balaban J connectivity index is 1.47. The number of para-hydroxylation sites is 1. The van der Waals surface area contributed by atoms with Gasteiger partial charge in [-0.2, -0.15) is 5.26 Å². The molecule has 0 amide bonds. The van der Waals surface area contributed by atoms with E-state index in [1.54, 1.807) is 24.3 Å². The molecule has 0 N–H and O–H groups in total. The number of fused-ring (bicyclic) bond motifs is 1. The smallest absolute Gasteiger partial charge is 0.277 e. The normalized spacial score (nSPS) is 14.4. The van der Waals surface area contributed by atoms with Crippen LogP contribution in [0.3, 0.4) is 0 Å². The van der Waals surface area contributed by atoms with Crippen LogP contribution < -0.4 is 4.90 Å². The topological polar surface area (TPSA) is 83.0 Å². The molecule has 29 heavy (non-hydrogen) atoms. The highest BCUT2D eigenvalue weighted by Gasteiger charge is 2.28. The summed E-state index contributed by atoms with van der Waals surface area (Å²) in [5.41, 5.74) is 1.84. The highest BCUT2D eigenvalue weighted by atomic mass is 35.5. The SMILES string of the molecule is CN1C(=C(C#N)C(=O)CSc2nnc(-c3ccc(Cl)cc3)o2)Sc2ccccc21. The number of benzene rings is 2. The van der Waals surface area contributed by atoms with Gasteiger partial charge in [-0.15, -0.1) is 10.2 Å². The van der Waals surface area contributed by atoms with Gasteiger partial charge in [0.1, 0.15) is 16.7 Å². The fourth-order valence-electron chi connectivity index (χ4n) is 2.73. The van der Waals surface area contributed by atoms with E-state index in [0.717, 1.165) is 27.9 Å². The van der Waals surface area contributed by atoms with Gasteiger partial charge in [-0.05, 0) is 36.4 Å². The average molecular weight is 441 g/mol. The van der Waals surface area contributed by atoms with Gasteiger partial charge in [-0.1, -0.05) is 47.3 Å². The van der Waals surface area contributed by atoms with Gasteiger partial charge < -0.3 is 9.32 Å². The Kier molecular flexibility index (Phi) is 5.62. The molecule has 1 aliphatic heterocycles. The summed E-state index contributed by atoms with van der Waals surface area (Å²) < 4.78 is 5.60. The molecular weight excluding hydrogens is 428 g/mol. The summed E-state index contributed by atoms with van der Waals surface area (Å²) in [6, 6.07) is 16.9. The van der Waals surface area contributed by atoms with E-state index in [1.807, 2.05) is 36.2 Å². The molecule has 0 saturated carbocycles. The number of hydrogen-bond acceptors (Lipinski definition) is 8. The standard InChI is InChI=1S/C20H13ClN4O2S2/c1-25-15-4-2-3-5-17(15)29-19(25)14(10-22)16(26)11-28-20-24-23-18(27-20)12-6-8-13(21)9-7-12/h2-9H,11H2,1H3. The fourth-order valence-corrected chi connectivity index (χ4v) is 4.65. The third-order valence-electron chi connectivity index (χ3n) is 4.17. The van der Waals surface area contributed by atoms with Gasteiger partial charge in [-0.25, -0.2) is 0 Å². The number of anilines is 1. The quantitative estimate of drug-likeness (QED) is 0.310. The molecule has 2 aromatic carbocycles. The van der Waals surface area contributed by atoms with Crippen molar-refractivity contribution in [1.82, 2.24) is 10.2 Å². The van der Waals surface area contributed by atoms with Crippen LogP contribution in [0.25, 0.3) is 11.5 Å². The minimum absolute atomic E-state index is 0.0272. The van der Waals surface area contributed by atoms with Gasteiger partial charge in [0.25, 0.3) is 5.22 Å². The van der Waals surface area contributed by atoms with Crippen molar-refractivity contribution in [2.45, 2.75) is 10.1 Å². The molecule has 0 fully saturated rings. The Hall–Kier alpha value is -2.73. The molecule has 3 aromatic rings. The maximum absolute atomic E-state index is 12.7. The van der Waals surface area contributed by atoms with Crippen molar-refractivity contribution in [3.8, 4) is 17.5 Å². The van der Waals surface area contributed by atoms with Crippen molar-refractivity contribution in [2.24, 2.45) is 0 Å². The first-order valence-corrected chi connectivity index (χ1v) is 10.6. The zero-order valence-electron chi connectivity index (χ0n) is 15.1. The summed E-state index contributed by atoms with van der Waals surface area (Å²) >= 11 is 8.41. The van der Waals surface area contributed by atoms with Gasteiger partial charge >= 0.3 is 0 Å². The van der Waals surface area contributed by atoms with E-state index >= 15 is 0 Å². The van der Waals surface area contributed by atoms with E-state index in [0.29, 0.717) is 15.9 Å². The summed E-state index contributed by atoms with van der Waals surface area (Å²) in [6.07, 6.45) is 0. The van der Waals surface area contributed by atoms with E-state index in [2.05, 4.69) is 16.3 Å². The Morgan fingerprint density at radius 2 is 2.00 bits per heavy atom. The second kappa shape index (κ2) is 8.33. The number of nitriles is 1. The first-order valence-electron chi connectivity index (χ1n) is 8.47. The van der Waals surface area contributed by atoms with Gasteiger partial charge in [0.15, 0.2) is 5.78 Å². The Morgan fingerprint density at radius 3 is 2.72 bits per heavy atom. The number of thioether (sulfide) groups is 2. The van der Waals surface area contributed by atoms with Gasteiger partial charge in [0.05, 0.1) is 11.4 Å². The Morgan fingerprint density at radius 1 is 1.24 bits per heavy atom. The molecule has 2 heterocycles. The third kappa shape index (κ3) is 4.03. The van der Waals surface area contributed by atoms with Gasteiger partial charge in [0, 0.05) is 22.5 Å². The van der Waals surface area contributed by atoms with Crippen LogP contribution in [0, 0.1) is 11.3 Å². The van der Waals surface area contributed by atoms with Crippen molar-refractivity contribution in [1.29, 1.82) is 5.26 Å². The number of rotatable bonds is 5. The van der Waals surface area contributed by atoms with Crippen LogP contribution in [0.5, 0.6) is 0 Å². The number of hydrogen-bond donors (Lipinski definition) is 0. The Bertz CT molecular complexity index is 1150. The van der Waals surface area contributed by atoms with E-state index in [-0.39, 0.29) is 22.3 Å². The van der Waals surface area contributed by atoms with Crippen molar-refractivity contribution in [2.75, 3.05) is 17.7 Å². The van der Waals surface area contributed by atoms with Crippen LogP contribution in [0.2, 0.25) is 5.02 Å². The van der Waals surface area contributed by atoms with Gasteiger partial charge in [-0.3, -0.25) is 4.79 Å². The first kappa shape index (κ1) is 19.6. The second-order valence-corrected chi connectivity index (χ2v) is 8.41.